The van der Waals surface area contributed by atoms with Gasteiger partial charge in [0.05, 0.1) is 24.1 Å². The molecule has 2 saturated heterocycles. The van der Waals surface area contributed by atoms with E-state index in [2.05, 4.69) is 44.2 Å². The largest absolute Gasteiger partial charge is 0.507 e. The first kappa shape index (κ1) is 23.4. The van der Waals surface area contributed by atoms with Crippen molar-refractivity contribution in [3.05, 3.63) is 42.5 Å². The van der Waals surface area contributed by atoms with Crippen LogP contribution < -0.4 is 15.0 Å². The fourth-order valence-electron chi connectivity index (χ4n) is 5.85. The maximum atomic E-state index is 15.1. The topological polar surface area (TPSA) is 96.3 Å². The number of benzene rings is 1. The van der Waals surface area contributed by atoms with Gasteiger partial charge in [-0.05, 0) is 70.2 Å². The molecule has 2 aliphatic heterocycles. The molecule has 35 heavy (non-hydrogen) atoms. The molecule has 0 saturated carbocycles. The number of nitrogens with one attached hydrogen (secondary N) is 1. The van der Waals surface area contributed by atoms with Crippen molar-refractivity contribution < 1.29 is 14.2 Å². The van der Waals surface area contributed by atoms with Gasteiger partial charge in [-0.1, -0.05) is 0 Å². The fourth-order valence-corrected chi connectivity index (χ4v) is 5.85. The number of piperidine rings is 2. The number of methoxy groups -OCH3 is 1. The first-order valence-corrected chi connectivity index (χ1v) is 11.9. The average Bonchev–Trinajstić information content (AvgIpc) is 2.82. The van der Waals surface area contributed by atoms with E-state index in [4.69, 9.17) is 4.74 Å². The zero-order valence-corrected chi connectivity index (χ0v) is 20.5. The zero-order valence-electron chi connectivity index (χ0n) is 20.5. The molecule has 4 heterocycles. The maximum absolute atomic E-state index is 15.1. The van der Waals surface area contributed by atoms with Crippen molar-refractivity contribution in [3.8, 4) is 34.1 Å². The smallest absolute Gasteiger partial charge is 0.216 e. The summed E-state index contributed by atoms with van der Waals surface area (Å²) < 4.78 is 20.2. The Kier molecular flexibility index (Phi) is 5.83. The van der Waals surface area contributed by atoms with E-state index >= 15 is 4.39 Å². The number of rotatable bonds is 5. The summed E-state index contributed by atoms with van der Waals surface area (Å²) >= 11 is 0. The van der Waals surface area contributed by atoms with Crippen LogP contribution >= 0.6 is 0 Å². The highest BCUT2D eigenvalue weighted by Gasteiger charge is 2.46. The minimum atomic E-state index is -0.611. The van der Waals surface area contributed by atoms with E-state index in [-0.39, 0.29) is 28.1 Å². The van der Waals surface area contributed by atoms with Crippen molar-refractivity contribution in [2.75, 3.05) is 19.1 Å². The number of aromatic hydroxyl groups is 1. The van der Waals surface area contributed by atoms with Crippen molar-refractivity contribution in [1.29, 1.82) is 0 Å². The Morgan fingerprint density at radius 2 is 1.80 bits per heavy atom. The summed E-state index contributed by atoms with van der Waals surface area (Å²) in [6.07, 6.45) is 7.00. The molecular weight excluding hydrogens is 447 g/mol. The molecule has 2 bridgehead atoms. The van der Waals surface area contributed by atoms with Gasteiger partial charge < -0.3 is 20.1 Å². The summed E-state index contributed by atoms with van der Waals surface area (Å²) in [5.41, 5.74) is 1.38. The molecule has 9 heteroatoms. The third kappa shape index (κ3) is 4.52. The van der Waals surface area contributed by atoms with E-state index in [1.54, 1.807) is 12.1 Å². The van der Waals surface area contributed by atoms with Gasteiger partial charge in [0.2, 0.25) is 5.88 Å². The second kappa shape index (κ2) is 8.71. The second-order valence-corrected chi connectivity index (χ2v) is 10.3. The highest BCUT2D eigenvalue weighted by molar-refractivity contribution is 5.74. The van der Waals surface area contributed by atoms with Gasteiger partial charge in [0, 0.05) is 35.8 Å². The lowest BCUT2D eigenvalue weighted by Gasteiger charge is -2.55. The van der Waals surface area contributed by atoms with Gasteiger partial charge in [0.25, 0.3) is 0 Å². The van der Waals surface area contributed by atoms with Crippen molar-refractivity contribution in [2.45, 2.75) is 63.1 Å². The van der Waals surface area contributed by atoms with Gasteiger partial charge in [-0.3, -0.25) is 0 Å². The molecule has 2 N–H and O–H groups in total. The molecule has 1 aromatic carbocycles. The van der Waals surface area contributed by atoms with Crippen molar-refractivity contribution in [2.24, 2.45) is 0 Å². The zero-order chi connectivity index (χ0) is 24.8. The Hall–Kier alpha value is -3.33. The summed E-state index contributed by atoms with van der Waals surface area (Å²) in [5, 5.41) is 23.2. The number of phenols is 1. The Morgan fingerprint density at radius 3 is 2.43 bits per heavy atom. The van der Waals surface area contributed by atoms with Crippen molar-refractivity contribution in [3.63, 3.8) is 0 Å². The fraction of sp³-hybridized carbons (Fsp3) is 0.462. The number of fused-ring (bicyclic) bond motifs is 2. The number of anilines is 1. The van der Waals surface area contributed by atoms with E-state index in [0.29, 0.717) is 23.2 Å². The van der Waals surface area contributed by atoms with E-state index in [9.17, 15) is 5.11 Å². The third-order valence-corrected chi connectivity index (χ3v) is 7.46. The van der Waals surface area contributed by atoms with Crippen LogP contribution in [0.15, 0.2) is 36.7 Å². The summed E-state index contributed by atoms with van der Waals surface area (Å²) in [5.74, 6) is 0.237. The van der Waals surface area contributed by atoms with Crippen LogP contribution in [-0.4, -0.2) is 56.5 Å². The predicted octanol–water partition coefficient (Wildman–Crippen LogP) is 4.34. The predicted molar refractivity (Wildman–Crippen MR) is 132 cm³/mol. The van der Waals surface area contributed by atoms with Crippen LogP contribution in [0.5, 0.6) is 11.6 Å². The highest BCUT2D eigenvalue weighted by atomic mass is 19.1. The molecule has 0 spiro atoms. The van der Waals surface area contributed by atoms with Gasteiger partial charge >= 0.3 is 0 Å². The Bertz CT molecular complexity index is 1200. The van der Waals surface area contributed by atoms with Gasteiger partial charge in [-0.25, -0.2) is 14.4 Å². The minimum Gasteiger partial charge on any atom is -0.507 e. The first-order chi connectivity index (χ1) is 16.7. The number of nitrogens with zero attached hydrogens (tertiary/aromatic N) is 5. The molecule has 0 amide bonds. The van der Waals surface area contributed by atoms with Crippen LogP contribution in [0.4, 0.5) is 10.2 Å². The monoisotopic (exact) mass is 478 g/mol. The molecule has 0 radical (unpaired) electrons. The van der Waals surface area contributed by atoms with E-state index in [0.717, 1.165) is 18.7 Å². The van der Waals surface area contributed by atoms with Crippen molar-refractivity contribution in [1.82, 2.24) is 25.5 Å². The van der Waals surface area contributed by atoms with Crippen LogP contribution in [0.1, 0.15) is 46.0 Å². The first-order valence-electron chi connectivity index (χ1n) is 11.9. The normalized spacial score (nSPS) is 25.8. The molecule has 2 fully saturated rings. The number of ether oxygens (including phenoxy) is 1. The molecule has 2 aliphatic rings. The van der Waals surface area contributed by atoms with Crippen molar-refractivity contribution >= 4 is 5.82 Å². The lowest BCUT2D eigenvalue weighted by atomic mass is 9.69. The van der Waals surface area contributed by atoms with Crippen LogP contribution in [0.2, 0.25) is 0 Å². The Balaban J connectivity index is 1.39. The lowest BCUT2D eigenvalue weighted by molar-refractivity contribution is 0.0784. The van der Waals surface area contributed by atoms with Gasteiger partial charge in [-0.15, -0.1) is 10.2 Å². The summed E-state index contributed by atoms with van der Waals surface area (Å²) in [7, 11) is 3.54. The average molecular weight is 479 g/mol. The van der Waals surface area contributed by atoms with Gasteiger partial charge in [0.1, 0.15) is 17.9 Å². The van der Waals surface area contributed by atoms with Crippen LogP contribution in [0, 0.1) is 5.82 Å². The molecular formula is C26H31FN6O2. The molecule has 0 unspecified atom stereocenters. The molecule has 3 atom stereocenters. The quantitative estimate of drug-likeness (QED) is 0.559. The number of phenolic OH excluding ortho intramolecular Hbond substituents is 1. The number of hydrogen-bond donors (Lipinski definition) is 2. The Morgan fingerprint density at radius 1 is 1.06 bits per heavy atom. The number of hydrogen-bond acceptors (Lipinski definition) is 8. The number of aromatic nitrogens is 4. The van der Waals surface area contributed by atoms with Crippen LogP contribution in [0.25, 0.3) is 22.5 Å². The highest BCUT2D eigenvalue weighted by Crippen LogP contribution is 2.42. The second-order valence-electron chi connectivity index (χ2n) is 10.3. The summed E-state index contributed by atoms with van der Waals surface area (Å²) in [6.45, 7) is 4.62. The van der Waals surface area contributed by atoms with Crippen LogP contribution in [0.3, 0.4) is 0 Å². The molecule has 184 valence electrons. The molecule has 3 aromatic rings. The maximum Gasteiger partial charge on any atom is 0.216 e. The van der Waals surface area contributed by atoms with Gasteiger partial charge in [0.15, 0.2) is 5.82 Å². The summed E-state index contributed by atoms with van der Waals surface area (Å²) in [6, 6.07) is 8.22. The third-order valence-electron chi connectivity index (χ3n) is 7.46. The van der Waals surface area contributed by atoms with Gasteiger partial charge in [-0.2, -0.15) is 0 Å². The van der Waals surface area contributed by atoms with E-state index in [1.165, 1.54) is 44.8 Å². The molecule has 8 nitrogen and oxygen atoms in total. The summed E-state index contributed by atoms with van der Waals surface area (Å²) in [4.78, 5) is 10.3. The lowest BCUT2D eigenvalue weighted by Crippen LogP contribution is -2.66. The molecule has 5 rings (SSSR count). The van der Waals surface area contributed by atoms with E-state index in [1.807, 2.05) is 13.1 Å². The standard InChI is InChI=1S/C26H31FN6O2/c1-25-8-5-9-26(2,32-25)14-17(13-25)33(3)22-7-6-19(30-31-22)24-18(27)10-16(11-21(24)34)20-12-23(35-4)29-15-28-20/h6-7,10-12,15,17,32,34H,5,8-9,13-14H2,1-4H3/t17-,25+,26-. The number of halogens is 1. The molecule has 0 aliphatic carbocycles. The van der Waals surface area contributed by atoms with E-state index < -0.39 is 5.82 Å². The molecule has 2 aromatic heterocycles. The minimum absolute atomic E-state index is 0.00731. The Labute approximate surface area is 204 Å². The van der Waals surface area contributed by atoms with Crippen LogP contribution in [-0.2, 0) is 0 Å². The SMILES string of the molecule is COc1cc(-c2cc(O)c(-c3ccc(N(C)[C@@H]4C[C@]5(C)CCC[C@](C)(C4)N5)nn3)c(F)c2)ncn1.